The average Bonchev–Trinajstić information content (AvgIpc) is 3.13. The molecule has 0 heterocycles. The Morgan fingerprint density at radius 3 is 1.04 bits per heavy atom. The van der Waals surface area contributed by atoms with Gasteiger partial charge in [-0.25, -0.2) is 0 Å². The third-order valence-electron chi connectivity index (χ3n) is 10.5. The molecule has 0 amide bonds. The molecule has 10 aromatic rings. The molecule has 0 radical (unpaired) electrons. The Labute approximate surface area is 275 Å². The minimum atomic E-state index is -1.46. The zero-order valence-electron chi connectivity index (χ0n) is 26.4. The molecule has 0 saturated heterocycles. The third kappa shape index (κ3) is 3.78. The number of rotatable bonds is 4. The van der Waals surface area contributed by atoms with E-state index in [2.05, 4.69) is 170 Å². The van der Waals surface area contributed by atoms with Crippen LogP contribution in [0.5, 0.6) is 0 Å². The van der Waals surface area contributed by atoms with Crippen LogP contribution in [-0.4, -0.2) is 12.5 Å². The highest BCUT2D eigenvalue weighted by Gasteiger charge is 2.26. The Hall–Kier alpha value is -5.37. The van der Waals surface area contributed by atoms with E-state index in [0.717, 1.165) is 0 Å². The second-order valence-corrected chi connectivity index (χ2v) is 16.8. The van der Waals surface area contributed by atoms with E-state index in [0.29, 0.717) is 0 Å². The molecule has 0 unspecified atom stereocenters. The van der Waals surface area contributed by atoms with Gasteiger partial charge in [0, 0.05) is 9.79 Å². The Morgan fingerprint density at radius 2 is 0.617 bits per heavy atom. The Balaban J connectivity index is 1.20. The van der Waals surface area contributed by atoms with Gasteiger partial charge in [0.2, 0.25) is 0 Å². The normalized spacial score (nSPS) is 12.8. The molecule has 10 aromatic carbocycles. The van der Waals surface area contributed by atoms with E-state index in [1.165, 1.54) is 96.7 Å². The molecule has 0 bridgehead atoms. The van der Waals surface area contributed by atoms with Crippen LogP contribution in [0.4, 0.5) is 0 Å². The highest BCUT2D eigenvalue weighted by molar-refractivity contribution is 8.32. The third-order valence-corrected chi connectivity index (χ3v) is 13.4. The van der Waals surface area contributed by atoms with E-state index in [1.807, 2.05) is 0 Å². The maximum atomic E-state index is 2.48. The molecule has 0 fully saturated rings. The smallest absolute Gasteiger partial charge is 0.00151 e. The van der Waals surface area contributed by atoms with Crippen LogP contribution >= 0.6 is 10.0 Å². The fraction of sp³-hybridized carbons (Fsp3) is 0.0435. The number of benzene rings is 10. The number of hydrogen-bond donors (Lipinski definition) is 0. The molecule has 47 heavy (non-hydrogen) atoms. The predicted molar refractivity (Wildman–Crippen MR) is 207 cm³/mol. The molecule has 0 atom stereocenters. The summed E-state index contributed by atoms with van der Waals surface area (Å²) in [5, 5.41) is 16.0. The lowest BCUT2D eigenvalue weighted by atomic mass is 9.90. The standard InChI is InChI=1S/C46H32S/c1-47(2,41-15-5-3-13-37(41)35-25-21-33-19-17-29-9-7-11-31-23-27-39(35)45(33)43(29)31)42-16-6-4-14-38(42)36-26-22-34-20-18-30-10-8-12-32-24-28-40(36)46(34)44(30)32/h3-28H,1-2H3. The van der Waals surface area contributed by atoms with Crippen molar-refractivity contribution in [1.82, 2.24) is 0 Å². The molecular formula is C46H32S. The fourth-order valence-corrected chi connectivity index (χ4v) is 10.9. The lowest BCUT2D eigenvalue weighted by molar-refractivity contribution is 1.36. The van der Waals surface area contributed by atoms with Gasteiger partial charge >= 0.3 is 0 Å². The molecule has 0 N–H and O–H groups in total. The molecule has 0 aliphatic rings. The molecule has 0 spiro atoms. The van der Waals surface area contributed by atoms with E-state index in [-0.39, 0.29) is 0 Å². The summed E-state index contributed by atoms with van der Waals surface area (Å²) in [6, 6.07) is 59.3. The van der Waals surface area contributed by atoms with Crippen molar-refractivity contribution in [2.24, 2.45) is 0 Å². The first-order valence-corrected chi connectivity index (χ1v) is 18.8. The van der Waals surface area contributed by atoms with E-state index >= 15 is 0 Å². The summed E-state index contributed by atoms with van der Waals surface area (Å²) >= 11 is 0. The van der Waals surface area contributed by atoms with Crippen molar-refractivity contribution in [3.63, 3.8) is 0 Å². The summed E-state index contributed by atoms with van der Waals surface area (Å²) in [5.41, 5.74) is 5.28. The summed E-state index contributed by atoms with van der Waals surface area (Å²) in [5.74, 6) is 0. The van der Waals surface area contributed by atoms with Gasteiger partial charge in [-0.1, -0.05) is 146 Å². The van der Waals surface area contributed by atoms with Gasteiger partial charge in [-0.15, -0.1) is 0 Å². The van der Waals surface area contributed by atoms with Crippen molar-refractivity contribution in [2.75, 3.05) is 12.5 Å². The van der Waals surface area contributed by atoms with Crippen molar-refractivity contribution in [3.05, 3.63) is 158 Å². The lowest BCUT2D eigenvalue weighted by Crippen LogP contribution is -2.02. The highest BCUT2D eigenvalue weighted by Crippen LogP contribution is 2.62. The Kier molecular flexibility index (Phi) is 5.60. The molecular weight excluding hydrogens is 585 g/mol. The number of hydrogen-bond acceptors (Lipinski definition) is 0. The molecule has 0 nitrogen and oxygen atoms in total. The Morgan fingerprint density at radius 1 is 0.277 bits per heavy atom. The van der Waals surface area contributed by atoms with Crippen LogP contribution in [0.25, 0.3) is 86.9 Å². The van der Waals surface area contributed by atoms with Gasteiger partial charge in [0.15, 0.2) is 0 Å². The summed E-state index contributed by atoms with van der Waals surface area (Å²) in [4.78, 5) is 2.83. The second-order valence-electron chi connectivity index (χ2n) is 13.3. The van der Waals surface area contributed by atoms with Crippen LogP contribution in [0.1, 0.15) is 0 Å². The quantitative estimate of drug-likeness (QED) is 0.173. The summed E-state index contributed by atoms with van der Waals surface area (Å²) in [6.07, 6.45) is 4.97. The van der Waals surface area contributed by atoms with Gasteiger partial charge in [0.25, 0.3) is 0 Å². The maximum absolute atomic E-state index is 2.48. The van der Waals surface area contributed by atoms with E-state index in [9.17, 15) is 0 Å². The monoisotopic (exact) mass is 616 g/mol. The maximum Gasteiger partial charge on any atom is 0.00151 e. The first-order valence-electron chi connectivity index (χ1n) is 16.3. The van der Waals surface area contributed by atoms with Crippen molar-refractivity contribution in [2.45, 2.75) is 9.79 Å². The molecule has 0 aliphatic carbocycles. The molecule has 0 aromatic heterocycles. The molecule has 10 rings (SSSR count). The zero-order chi connectivity index (χ0) is 31.3. The van der Waals surface area contributed by atoms with Crippen molar-refractivity contribution >= 4 is 74.7 Å². The van der Waals surface area contributed by atoms with Gasteiger partial charge in [-0.3, -0.25) is 0 Å². The second kappa shape index (κ2) is 9.82. The molecule has 222 valence electrons. The topological polar surface area (TPSA) is 0 Å². The SMILES string of the molecule is CS(C)(c1ccccc1-c1ccc2ccc3cccc4ccc1c2c34)c1ccccc1-c1ccc2ccc3cccc4ccc1c2c34. The van der Waals surface area contributed by atoms with Crippen molar-refractivity contribution in [3.8, 4) is 22.3 Å². The van der Waals surface area contributed by atoms with Crippen LogP contribution in [0.2, 0.25) is 0 Å². The van der Waals surface area contributed by atoms with Gasteiger partial charge in [-0.05, 0) is 112 Å². The largest absolute Gasteiger partial charge is 0.192 e. The predicted octanol–water partition coefficient (Wildman–Crippen LogP) is 13.3. The van der Waals surface area contributed by atoms with Gasteiger partial charge in [-0.2, -0.15) is 10.0 Å². The minimum absolute atomic E-state index is 1.30. The van der Waals surface area contributed by atoms with Crippen LogP contribution in [-0.2, 0) is 0 Å². The van der Waals surface area contributed by atoms with E-state index < -0.39 is 10.0 Å². The molecule has 0 saturated carbocycles. The van der Waals surface area contributed by atoms with Gasteiger partial charge in [0.05, 0.1) is 0 Å². The summed E-state index contributed by atoms with van der Waals surface area (Å²) in [6.45, 7) is 0. The van der Waals surface area contributed by atoms with Gasteiger partial charge < -0.3 is 0 Å². The van der Waals surface area contributed by atoms with Crippen LogP contribution in [0.3, 0.4) is 0 Å². The van der Waals surface area contributed by atoms with Crippen LogP contribution in [0.15, 0.2) is 168 Å². The van der Waals surface area contributed by atoms with Crippen LogP contribution in [0, 0.1) is 0 Å². The summed E-state index contributed by atoms with van der Waals surface area (Å²) in [7, 11) is -1.46. The lowest BCUT2D eigenvalue weighted by Gasteiger charge is -2.36. The Bertz CT molecular complexity index is 2600. The zero-order valence-corrected chi connectivity index (χ0v) is 27.2. The minimum Gasteiger partial charge on any atom is -0.192 e. The van der Waals surface area contributed by atoms with Crippen molar-refractivity contribution < 1.29 is 0 Å². The van der Waals surface area contributed by atoms with Crippen molar-refractivity contribution in [1.29, 1.82) is 0 Å². The average molecular weight is 617 g/mol. The van der Waals surface area contributed by atoms with E-state index in [4.69, 9.17) is 0 Å². The van der Waals surface area contributed by atoms with Gasteiger partial charge in [0.1, 0.15) is 0 Å². The first kappa shape index (κ1) is 26.8. The van der Waals surface area contributed by atoms with E-state index in [1.54, 1.807) is 0 Å². The first-order chi connectivity index (χ1) is 23.1. The fourth-order valence-electron chi connectivity index (χ4n) is 8.33. The van der Waals surface area contributed by atoms with Crippen LogP contribution < -0.4 is 0 Å². The molecule has 1 heteroatoms. The molecule has 0 aliphatic heterocycles. The summed E-state index contributed by atoms with van der Waals surface area (Å²) < 4.78 is 0. The highest BCUT2D eigenvalue weighted by atomic mass is 32.3.